The Morgan fingerprint density at radius 3 is 2.58 bits per heavy atom. The standard InChI is InChI=1S/C18H20N4O2/c1-4-14-8-6-10-17(22-18(23)21(3)19-20-22)16(14)12-24-15-9-5-7-13(2)11-15/h5-11H,4,12H2,1-3H3. The maximum absolute atomic E-state index is 12.2. The number of nitrogens with zero attached hydrogens (tertiary/aromatic N) is 4. The number of tetrazole rings is 1. The lowest BCUT2D eigenvalue weighted by atomic mass is 10.0. The van der Waals surface area contributed by atoms with Crippen LogP contribution in [0.1, 0.15) is 23.6 Å². The fourth-order valence-corrected chi connectivity index (χ4v) is 2.64. The van der Waals surface area contributed by atoms with Crippen molar-refractivity contribution in [3.8, 4) is 11.4 Å². The van der Waals surface area contributed by atoms with Crippen LogP contribution in [0.3, 0.4) is 0 Å². The molecule has 6 heteroatoms. The molecule has 3 rings (SSSR count). The van der Waals surface area contributed by atoms with Crippen molar-refractivity contribution in [2.24, 2.45) is 7.05 Å². The fourth-order valence-electron chi connectivity index (χ4n) is 2.64. The maximum Gasteiger partial charge on any atom is 0.368 e. The third-order valence-corrected chi connectivity index (χ3v) is 3.95. The van der Waals surface area contributed by atoms with Gasteiger partial charge in [-0.3, -0.25) is 0 Å². The Kier molecular flexibility index (Phi) is 4.46. The van der Waals surface area contributed by atoms with Crippen LogP contribution in [0.5, 0.6) is 5.75 Å². The average Bonchev–Trinajstić information content (AvgIpc) is 2.92. The first-order chi connectivity index (χ1) is 11.6. The number of rotatable bonds is 5. The van der Waals surface area contributed by atoms with E-state index < -0.39 is 0 Å². The molecule has 1 heterocycles. The Morgan fingerprint density at radius 2 is 1.92 bits per heavy atom. The quantitative estimate of drug-likeness (QED) is 0.723. The highest BCUT2D eigenvalue weighted by Gasteiger charge is 2.14. The molecule has 2 aromatic carbocycles. The zero-order chi connectivity index (χ0) is 17.1. The summed E-state index contributed by atoms with van der Waals surface area (Å²) in [5.41, 5.74) is 3.64. The Balaban J connectivity index is 1.99. The van der Waals surface area contributed by atoms with Gasteiger partial charge in [-0.25, -0.2) is 4.79 Å². The minimum atomic E-state index is -0.278. The lowest BCUT2D eigenvalue weighted by molar-refractivity contribution is 0.304. The first kappa shape index (κ1) is 16.0. The van der Waals surface area contributed by atoms with Crippen LogP contribution in [0.4, 0.5) is 0 Å². The monoisotopic (exact) mass is 324 g/mol. The van der Waals surface area contributed by atoms with E-state index in [1.165, 1.54) is 9.36 Å². The van der Waals surface area contributed by atoms with E-state index in [0.29, 0.717) is 12.3 Å². The highest BCUT2D eigenvalue weighted by molar-refractivity contribution is 5.45. The smallest absolute Gasteiger partial charge is 0.368 e. The van der Waals surface area contributed by atoms with E-state index >= 15 is 0 Å². The second-order valence-corrected chi connectivity index (χ2v) is 5.67. The van der Waals surface area contributed by atoms with Gasteiger partial charge < -0.3 is 4.74 Å². The van der Waals surface area contributed by atoms with Crippen molar-refractivity contribution in [1.82, 2.24) is 19.8 Å². The highest BCUT2D eigenvalue weighted by atomic mass is 16.5. The predicted octanol–water partition coefficient (Wildman–Crippen LogP) is 2.42. The second-order valence-electron chi connectivity index (χ2n) is 5.67. The lowest BCUT2D eigenvalue weighted by Gasteiger charge is -2.14. The summed E-state index contributed by atoms with van der Waals surface area (Å²) < 4.78 is 8.48. The molecule has 0 amide bonds. The molecule has 24 heavy (non-hydrogen) atoms. The van der Waals surface area contributed by atoms with Crippen LogP contribution in [0.15, 0.2) is 47.3 Å². The molecule has 0 fully saturated rings. The average molecular weight is 324 g/mol. The van der Waals surface area contributed by atoms with Gasteiger partial charge in [0, 0.05) is 12.6 Å². The summed E-state index contributed by atoms with van der Waals surface area (Å²) >= 11 is 0. The molecular formula is C18H20N4O2. The molecule has 0 aliphatic carbocycles. The topological polar surface area (TPSA) is 61.9 Å². The zero-order valence-electron chi connectivity index (χ0n) is 14.1. The minimum Gasteiger partial charge on any atom is -0.489 e. The van der Waals surface area contributed by atoms with Gasteiger partial charge in [-0.1, -0.05) is 31.2 Å². The minimum absolute atomic E-state index is 0.278. The summed E-state index contributed by atoms with van der Waals surface area (Å²) in [6.45, 7) is 4.47. The van der Waals surface area contributed by atoms with Crippen LogP contribution < -0.4 is 10.4 Å². The number of aromatic nitrogens is 4. The summed E-state index contributed by atoms with van der Waals surface area (Å²) in [5, 5.41) is 7.75. The largest absolute Gasteiger partial charge is 0.489 e. The second kappa shape index (κ2) is 6.70. The fraction of sp³-hybridized carbons (Fsp3) is 0.278. The number of ether oxygens (including phenoxy) is 1. The van der Waals surface area contributed by atoms with E-state index in [2.05, 4.69) is 17.4 Å². The highest BCUT2D eigenvalue weighted by Crippen LogP contribution is 2.21. The lowest BCUT2D eigenvalue weighted by Crippen LogP contribution is -2.23. The molecule has 6 nitrogen and oxygen atoms in total. The van der Waals surface area contributed by atoms with Crippen molar-refractivity contribution in [3.05, 3.63) is 69.6 Å². The molecule has 0 N–H and O–H groups in total. The van der Waals surface area contributed by atoms with E-state index in [9.17, 15) is 4.79 Å². The number of hydrogen-bond donors (Lipinski definition) is 0. The maximum atomic E-state index is 12.2. The molecular weight excluding hydrogens is 304 g/mol. The number of aryl methyl sites for hydroxylation is 3. The molecule has 0 bridgehead atoms. The third kappa shape index (κ3) is 3.08. The molecule has 0 radical (unpaired) electrons. The number of hydrogen-bond acceptors (Lipinski definition) is 4. The first-order valence-corrected chi connectivity index (χ1v) is 7.89. The molecule has 3 aromatic rings. The van der Waals surface area contributed by atoms with Crippen molar-refractivity contribution in [3.63, 3.8) is 0 Å². The first-order valence-electron chi connectivity index (χ1n) is 7.89. The molecule has 0 atom stereocenters. The van der Waals surface area contributed by atoms with Crippen LogP contribution in [0, 0.1) is 6.92 Å². The number of benzene rings is 2. The summed E-state index contributed by atoms with van der Waals surface area (Å²) in [4.78, 5) is 12.2. The Bertz CT molecular complexity index is 911. The van der Waals surface area contributed by atoms with Gasteiger partial charge >= 0.3 is 5.69 Å². The third-order valence-electron chi connectivity index (χ3n) is 3.95. The predicted molar refractivity (Wildman–Crippen MR) is 91.5 cm³/mol. The van der Waals surface area contributed by atoms with E-state index in [-0.39, 0.29) is 5.69 Å². The molecule has 124 valence electrons. The van der Waals surface area contributed by atoms with Crippen molar-refractivity contribution >= 4 is 0 Å². The molecule has 0 aliphatic heterocycles. The van der Waals surface area contributed by atoms with Crippen molar-refractivity contribution < 1.29 is 4.74 Å². The van der Waals surface area contributed by atoms with E-state index in [4.69, 9.17) is 4.74 Å². The Labute approximate surface area is 140 Å². The molecule has 0 unspecified atom stereocenters. The van der Waals surface area contributed by atoms with Gasteiger partial charge in [-0.15, -0.1) is 0 Å². The molecule has 0 saturated heterocycles. The molecule has 1 aromatic heterocycles. The van der Waals surface area contributed by atoms with Gasteiger partial charge in [-0.2, -0.15) is 9.36 Å². The SMILES string of the molecule is CCc1cccc(-n2nnn(C)c2=O)c1COc1cccc(C)c1. The van der Waals surface area contributed by atoms with Gasteiger partial charge in [0.15, 0.2) is 0 Å². The van der Waals surface area contributed by atoms with Crippen molar-refractivity contribution in [2.75, 3.05) is 0 Å². The van der Waals surface area contributed by atoms with Gasteiger partial charge in [0.05, 0.1) is 5.69 Å². The summed E-state index contributed by atoms with van der Waals surface area (Å²) in [6.07, 6.45) is 0.843. The summed E-state index contributed by atoms with van der Waals surface area (Å²) in [6, 6.07) is 13.7. The van der Waals surface area contributed by atoms with Gasteiger partial charge in [0.1, 0.15) is 12.4 Å². The molecule has 0 saturated carbocycles. The van der Waals surface area contributed by atoms with E-state index in [1.54, 1.807) is 7.05 Å². The Hall–Kier alpha value is -2.89. The van der Waals surface area contributed by atoms with Crippen LogP contribution in [-0.4, -0.2) is 19.8 Å². The van der Waals surface area contributed by atoms with Crippen LogP contribution in [0.25, 0.3) is 5.69 Å². The van der Waals surface area contributed by atoms with Crippen LogP contribution in [-0.2, 0) is 20.1 Å². The zero-order valence-corrected chi connectivity index (χ0v) is 14.1. The van der Waals surface area contributed by atoms with Crippen LogP contribution >= 0.6 is 0 Å². The van der Waals surface area contributed by atoms with Crippen LogP contribution in [0.2, 0.25) is 0 Å². The van der Waals surface area contributed by atoms with E-state index in [1.807, 2.05) is 49.4 Å². The summed E-state index contributed by atoms with van der Waals surface area (Å²) in [7, 11) is 1.58. The van der Waals surface area contributed by atoms with E-state index in [0.717, 1.165) is 28.9 Å². The van der Waals surface area contributed by atoms with Gasteiger partial charge in [-0.05, 0) is 53.1 Å². The van der Waals surface area contributed by atoms with Gasteiger partial charge in [0.2, 0.25) is 0 Å². The van der Waals surface area contributed by atoms with Crippen molar-refractivity contribution in [2.45, 2.75) is 26.9 Å². The normalized spacial score (nSPS) is 10.8. The van der Waals surface area contributed by atoms with Crippen molar-refractivity contribution in [1.29, 1.82) is 0 Å². The van der Waals surface area contributed by atoms with Gasteiger partial charge in [0.25, 0.3) is 0 Å². The molecule has 0 spiro atoms. The molecule has 0 aliphatic rings. The summed E-state index contributed by atoms with van der Waals surface area (Å²) in [5.74, 6) is 0.804. The Morgan fingerprint density at radius 1 is 1.12 bits per heavy atom.